The molecular formula is C25H28N2O3S2. The highest BCUT2D eigenvalue weighted by atomic mass is 32.1. The maximum atomic E-state index is 12.9. The zero-order chi connectivity index (χ0) is 21.1. The van der Waals surface area contributed by atoms with E-state index in [2.05, 4.69) is 9.83 Å². The molecule has 32 heavy (non-hydrogen) atoms. The Morgan fingerprint density at radius 2 is 1.91 bits per heavy atom. The number of Topliss-reactive ketones (excluding diaryl/α,β-unsaturated/α-hetero) is 1. The molecule has 5 nitrogen and oxygen atoms in total. The molecule has 4 rings (SSSR count). The van der Waals surface area contributed by atoms with Crippen LogP contribution in [0.15, 0.2) is 48.7 Å². The molecule has 1 unspecified atom stereocenters. The molecule has 0 bridgehead atoms. The standard InChI is InChI=1S/C25H24N2O3.2H2S/c1-16(25(29)21-4-3-5-23(21)26-2)12-18-14-27-24-11-10-20(13-22(18)24)30-19-8-6-17(15-28)7-9-19;;/h6-11,13-16,21,23,27H,3-5,12H2,1H3;2*1H2/t16-,21?,23-;;/m0../s1. The van der Waals surface area contributed by atoms with Crippen molar-refractivity contribution in [1.82, 2.24) is 4.98 Å². The second kappa shape index (κ2) is 11.3. The summed E-state index contributed by atoms with van der Waals surface area (Å²) in [6.45, 7) is 9.31. The van der Waals surface area contributed by atoms with Gasteiger partial charge in [0, 0.05) is 35.0 Å². The Morgan fingerprint density at radius 1 is 1.19 bits per heavy atom. The number of nitrogens with one attached hydrogen (secondary N) is 1. The summed E-state index contributed by atoms with van der Waals surface area (Å²) >= 11 is 0. The first-order chi connectivity index (χ1) is 14.6. The van der Waals surface area contributed by atoms with E-state index in [0.717, 1.165) is 42.0 Å². The first-order valence-corrected chi connectivity index (χ1v) is 10.3. The SMILES string of the molecule is S.S.[C-]#[N+][C@H]1CCCC1C(=O)[C@@H](C)Cc1c[nH]c2ccc(Oc3ccc(C=O)cc3)cc12. The van der Waals surface area contributed by atoms with Gasteiger partial charge < -0.3 is 14.6 Å². The number of carbonyl (C=O) groups is 2. The molecule has 7 heteroatoms. The number of rotatable bonds is 7. The van der Waals surface area contributed by atoms with E-state index in [9.17, 15) is 9.59 Å². The van der Waals surface area contributed by atoms with Crippen molar-refractivity contribution in [2.24, 2.45) is 11.8 Å². The highest BCUT2D eigenvalue weighted by Crippen LogP contribution is 2.33. The highest BCUT2D eigenvalue weighted by Gasteiger charge is 2.39. The maximum absolute atomic E-state index is 12.9. The van der Waals surface area contributed by atoms with Crippen molar-refractivity contribution in [1.29, 1.82) is 0 Å². The summed E-state index contributed by atoms with van der Waals surface area (Å²) in [4.78, 5) is 30.7. The molecule has 1 fully saturated rings. The first-order valence-electron chi connectivity index (χ1n) is 10.3. The predicted octanol–water partition coefficient (Wildman–Crippen LogP) is 5.83. The summed E-state index contributed by atoms with van der Waals surface area (Å²) in [5, 5.41) is 1.03. The number of benzene rings is 2. The fourth-order valence-corrected chi connectivity index (χ4v) is 4.36. The summed E-state index contributed by atoms with van der Waals surface area (Å²) in [5.74, 6) is 1.33. The monoisotopic (exact) mass is 468 g/mol. The topological polar surface area (TPSA) is 63.5 Å². The molecule has 1 aromatic heterocycles. The predicted molar refractivity (Wildman–Crippen MR) is 137 cm³/mol. The molecule has 0 radical (unpaired) electrons. The van der Waals surface area contributed by atoms with Crippen molar-refractivity contribution >= 4 is 50.0 Å². The van der Waals surface area contributed by atoms with E-state index in [1.54, 1.807) is 24.3 Å². The highest BCUT2D eigenvalue weighted by molar-refractivity contribution is 7.59. The number of aromatic nitrogens is 1. The minimum atomic E-state index is -0.145. The van der Waals surface area contributed by atoms with Crippen LogP contribution in [0.5, 0.6) is 11.5 Å². The van der Waals surface area contributed by atoms with Crippen LogP contribution in [0.2, 0.25) is 0 Å². The average molecular weight is 469 g/mol. The van der Waals surface area contributed by atoms with E-state index in [-0.39, 0.29) is 50.7 Å². The molecule has 168 valence electrons. The number of aromatic amines is 1. The normalized spacial score (nSPS) is 18.1. The van der Waals surface area contributed by atoms with E-state index < -0.39 is 0 Å². The molecule has 3 atom stereocenters. The van der Waals surface area contributed by atoms with Gasteiger partial charge in [-0.05, 0) is 67.3 Å². The van der Waals surface area contributed by atoms with Crippen LogP contribution >= 0.6 is 27.0 Å². The van der Waals surface area contributed by atoms with Crippen molar-refractivity contribution in [2.75, 3.05) is 0 Å². The summed E-state index contributed by atoms with van der Waals surface area (Å²) < 4.78 is 5.94. The van der Waals surface area contributed by atoms with Crippen LogP contribution in [-0.4, -0.2) is 23.1 Å². The van der Waals surface area contributed by atoms with Crippen LogP contribution in [-0.2, 0) is 11.2 Å². The van der Waals surface area contributed by atoms with Crippen molar-refractivity contribution in [3.05, 3.63) is 71.2 Å². The van der Waals surface area contributed by atoms with Gasteiger partial charge in [0.15, 0.2) is 0 Å². The fourth-order valence-electron chi connectivity index (χ4n) is 4.36. The second-order valence-corrected chi connectivity index (χ2v) is 8.05. The van der Waals surface area contributed by atoms with Gasteiger partial charge in [-0.3, -0.25) is 9.59 Å². The Hall–Kier alpha value is -2.69. The molecule has 3 aromatic rings. The zero-order valence-electron chi connectivity index (χ0n) is 17.9. The Labute approximate surface area is 202 Å². The van der Waals surface area contributed by atoms with Gasteiger partial charge in [0.1, 0.15) is 23.6 Å². The van der Waals surface area contributed by atoms with Gasteiger partial charge in [-0.15, -0.1) is 0 Å². The third-order valence-corrected chi connectivity index (χ3v) is 6.01. The van der Waals surface area contributed by atoms with Crippen LogP contribution in [0.4, 0.5) is 0 Å². The summed E-state index contributed by atoms with van der Waals surface area (Å²) in [7, 11) is 0. The van der Waals surface area contributed by atoms with E-state index >= 15 is 0 Å². The summed E-state index contributed by atoms with van der Waals surface area (Å²) in [5.41, 5.74) is 2.67. The van der Waals surface area contributed by atoms with Crippen molar-refractivity contribution in [2.45, 2.75) is 38.6 Å². The molecule has 1 heterocycles. The maximum Gasteiger partial charge on any atom is 0.233 e. The molecule has 1 aliphatic rings. The number of nitrogens with zero attached hydrogens (tertiary/aromatic N) is 1. The number of ketones is 1. The number of H-pyrrole nitrogens is 1. The largest absolute Gasteiger partial charge is 0.457 e. The van der Waals surface area contributed by atoms with Gasteiger partial charge in [0.05, 0.1) is 5.92 Å². The van der Waals surface area contributed by atoms with Gasteiger partial charge in [-0.1, -0.05) is 6.92 Å². The van der Waals surface area contributed by atoms with E-state index in [1.807, 2.05) is 31.3 Å². The van der Waals surface area contributed by atoms with Gasteiger partial charge >= 0.3 is 0 Å². The van der Waals surface area contributed by atoms with Crippen LogP contribution in [0.25, 0.3) is 15.7 Å². The Morgan fingerprint density at radius 3 is 2.59 bits per heavy atom. The van der Waals surface area contributed by atoms with Gasteiger partial charge in [0.2, 0.25) is 6.04 Å². The van der Waals surface area contributed by atoms with Gasteiger partial charge in [0.25, 0.3) is 0 Å². The van der Waals surface area contributed by atoms with Crippen molar-refractivity contribution < 1.29 is 14.3 Å². The Bertz CT molecular complexity index is 1120. The van der Waals surface area contributed by atoms with E-state index in [4.69, 9.17) is 11.3 Å². The minimum absolute atomic E-state index is 0. The molecule has 0 amide bonds. The van der Waals surface area contributed by atoms with Gasteiger partial charge in [-0.25, -0.2) is 6.57 Å². The van der Waals surface area contributed by atoms with E-state index in [1.165, 1.54) is 0 Å². The summed E-state index contributed by atoms with van der Waals surface area (Å²) in [6.07, 6.45) is 6.04. The third-order valence-electron chi connectivity index (χ3n) is 6.01. The second-order valence-electron chi connectivity index (χ2n) is 8.05. The van der Waals surface area contributed by atoms with Crippen LogP contribution in [0.1, 0.15) is 42.1 Å². The molecule has 0 spiro atoms. The number of fused-ring (bicyclic) bond motifs is 1. The lowest BCUT2D eigenvalue weighted by Gasteiger charge is -2.15. The molecule has 2 aromatic carbocycles. The average Bonchev–Trinajstić information content (AvgIpc) is 3.40. The minimum Gasteiger partial charge on any atom is -0.457 e. The molecule has 1 saturated carbocycles. The van der Waals surface area contributed by atoms with E-state index in [0.29, 0.717) is 23.5 Å². The van der Waals surface area contributed by atoms with Crippen LogP contribution in [0.3, 0.4) is 0 Å². The molecule has 1 aliphatic carbocycles. The third kappa shape index (κ3) is 5.37. The lowest BCUT2D eigenvalue weighted by molar-refractivity contribution is -0.126. The number of ether oxygens (including phenoxy) is 1. The fraction of sp³-hybridized carbons (Fsp3) is 0.320. The van der Waals surface area contributed by atoms with Gasteiger partial charge in [-0.2, -0.15) is 27.0 Å². The molecule has 1 N–H and O–H groups in total. The smallest absolute Gasteiger partial charge is 0.233 e. The Kier molecular flexibility index (Phi) is 8.99. The van der Waals surface area contributed by atoms with Crippen LogP contribution in [0, 0.1) is 18.4 Å². The number of hydrogen-bond donors (Lipinski definition) is 1. The molecular weight excluding hydrogens is 440 g/mol. The van der Waals surface area contributed by atoms with Crippen molar-refractivity contribution in [3.63, 3.8) is 0 Å². The first kappa shape index (κ1) is 25.6. The number of aldehydes is 1. The Balaban J connectivity index is 0.00000181. The zero-order valence-corrected chi connectivity index (χ0v) is 19.9. The number of hydrogen-bond acceptors (Lipinski definition) is 3. The number of carbonyl (C=O) groups excluding carboxylic acids is 2. The molecule has 0 aliphatic heterocycles. The van der Waals surface area contributed by atoms with Crippen molar-refractivity contribution in [3.8, 4) is 11.5 Å². The lowest BCUT2D eigenvalue weighted by Crippen LogP contribution is -2.27. The lowest BCUT2D eigenvalue weighted by atomic mass is 9.86. The molecule has 0 saturated heterocycles. The van der Waals surface area contributed by atoms with Crippen LogP contribution < -0.4 is 4.74 Å². The quantitative estimate of drug-likeness (QED) is 0.350. The summed E-state index contributed by atoms with van der Waals surface area (Å²) in [6, 6.07) is 12.7.